The highest BCUT2D eigenvalue weighted by Gasteiger charge is 2.11. The number of hydrogen-bond donors (Lipinski definition) is 3. The molecule has 0 aromatic heterocycles. The van der Waals surface area contributed by atoms with Crippen LogP contribution in [0, 0.1) is 15.9 Å². The van der Waals surface area contributed by atoms with Crippen molar-refractivity contribution in [2.45, 2.75) is 0 Å². The standard InChI is InChI=1S/C16H12FN3O4S/c17-11-4-1-10(2-5-11)3-8-15(22)19-16(25)18-13-7-6-12(20(23)24)9-14(13)21/h1-9,21H,(H2,18,19,22,25)/b8-3+. The SMILES string of the molecule is O=C(/C=C/c1ccc(F)cc1)NC(=S)Nc1ccc([N+](=O)[O-])cc1O. The minimum Gasteiger partial charge on any atom is -0.506 e. The Morgan fingerprint density at radius 3 is 2.52 bits per heavy atom. The van der Waals surface area contributed by atoms with Gasteiger partial charge in [0.15, 0.2) is 5.11 Å². The van der Waals surface area contributed by atoms with Crippen LogP contribution in [0.4, 0.5) is 15.8 Å². The van der Waals surface area contributed by atoms with Crippen LogP contribution in [0.2, 0.25) is 0 Å². The Kier molecular flexibility index (Phi) is 5.75. The largest absolute Gasteiger partial charge is 0.506 e. The molecule has 3 N–H and O–H groups in total. The van der Waals surface area contributed by atoms with Crippen LogP contribution in [0.5, 0.6) is 5.75 Å². The number of carbonyl (C=O) groups excluding carboxylic acids is 1. The lowest BCUT2D eigenvalue weighted by molar-refractivity contribution is -0.384. The average molecular weight is 361 g/mol. The zero-order chi connectivity index (χ0) is 18.4. The van der Waals surface area contributed by atoms with Gasteiger partial charge in [0.2, 0.25) is 5.91 Å². The fourth-order valence-corrected chi connectivity index (χ4v) is 2.00. The molecule has 0 aliphatic rings. The molecule has 7 nitrogen and oxygen atoms in total. The van der Waals surface area contributed by atoms with E-state index in [0.717, 1.165) is 6.07 Å². The highest BCUT2D eigenvalue weighted by molar-refractivity contribution is 7.80. The van der Waals surface area contributed by atoms with Crippen LogP contribution in [0.25, 0.3) is 6.08 Å². The van der Waals surface area contributed by atoms with E-state index < -0.39 is 10.8 Å². The number of halogens is 1. The summed E-state index contributed by atoms with van der Waals surface area (Å²) in [4.78, 5) is 21.7. The summed E-state index contributed by atoms with van der Waals surface area (Å²) in [5, 5.41) is 25.1. The van der Waals surface area contributed by atoms with Gasteiger partial charge < -0.3 is 10.4 Å². The zero-order valence-electron chi connectivity index (χ0n) is 12.6. The van der Waals surface area contributed by atoms with Crippen LogP contribution in [-0.4, -0.2) is 21.0 Å². The number of carbonyl (C=O) groups is 1. The minimum absolute atomic E-state index is 0.0992. The lowest BCUT2D eigenvalue weighted by Gasteiger charge is -2.09. The number of nitrogens with one attached hydrogen (secondary N) is 2. The van der Waals surface area contributed by atoms with E-state index >= 15 is 0 Å². The number of nitro benzene ring substituents is 1. The molecule has 0 saturated heterocycles. The Labute approximate surface area is 146 Å². The smallest absolute Gasteiger partial charge is 0.273 e. The topological polar surface area (TPSA) is 104 Å². The van der Waals surface area contributed by atoms with Crippen molar-refractivity contribution in [2.75, 3.05) is 5.32 Å². The summed E-state index contributed by atoms with van der Waals surface area (Å²) in [6.45, 7) is 0. The van der Waals surface area contributed by atoms with Crippen molar-refractivity contribution < 1.29 is 19.2 Å². The van der Waals surface area contributed by atoms with E-state index in [0.29, 0.717) is 5.56 Å². The fraction of sp³-hybridized carbons (Fsp3) is 0. The average Bonchev–Trinajstić information content (AvgIpc) is 2.56. The van der Waals surface area contributed by atoms with Crippen LogP contribution in [0.3, 0.4) is 0 Å². The van der Waals surface area contributed by atoms with E-state index in [9.17, 15) is 24.4 Å². The molecule has 0 bridgehead atoms. The van der Waals surface area contributed by atoms with Crippen LogP contribution < -0.4 is 10.6 Å². The number of aromatic hydroxyl groups is 1. The molecule has 1 amide bonds. The molecule has 2 aromatic rings. The van der Waals surface area contributed by atoms with Crippen molar-refractivity contribution >= 4 is 40.7 Å². The molecule has 0 atom stereocenters. The number of nitro groups is 1. The molecule has 0 spiro atoms. The summed E-state index contributed by atoms with van der Waals surface area (Å²) in [5.41, 5.74) is 0.460. The maximum absolute atomic E-state index is 12.8. The van der Waals surface area contributed by atoms with E-state index in [4.69, 9.17) is 12.2 Å². The van der Waals surface area contributed by atoms with E-state index in [1.807, 2.05) is 0 Å². The molecule has 2 rings (SSSR count). The van der Waals surface area contributed by atoms with Gasteiger partial charge in [-0.15, -0.1) is 0 Å². The van der Waals surface area contributed by atoms with Crippen molar-refractivity contribution in [1.29, 1.82) is 0 Å². The number of amides is 1. The van der Waals surface area contributed by atoms with Gasteiger partial charge in [0.25, 0.3) is 5.69 Å². The predicted octanol–water partition coefficient (Wildman–Crippen LogP) is 2.97. The van der Waals surface area contributed by atoms with Crippen LogP contribution in [0.15, 0.2) is 48.5 Å². The van der Waals surface area contributed by atoms with Crippen molar-refractivity contribution in [2.24, 2.45) is 0 Å². The molecule has 2 aromatic carbocycles. The maximum Gasteiger partial charge on any atom is 0.273 e. The first kappa shape index (κ1) is 18.0. The van der Waals surface area contributed by atoms with Gasteiger partial charge in [0.1, 0.15) is 11.6 Å². The summed E-state index contributed by atoms with van der Waals surface area (Å²) >= 11 is 4.93. The molecule has 0 aliphatic carbocycles. The summed E-state index contributed by atoms with van der Waals surface area (Å²) in [6.07, 6.45) is 2.68. The monoisotopic (exact) mass is 361 g/mol. The Balaban J connectivity index is 1.94. The molecular weight excluding hydrogens is 349 g/mol. The van der Waals surface area contributed by atoms with Crippen LogP contribution in [-0.2, 0) is 4.79 Å². The van der Waals surface area contributed by atoms with Gasteiger partial charge in [-0.2, -0.15) is 0 Å². The molecule has 0 radical (unpaired) electrons. The van der Waals surface area contributed by atoms with Gasteiger partial charge in [-0.25, -0.2) is 4.39 Å². The quantitative estimate of drug-likeness (QED) is 0.254. The molecule has 25 heavy (non-hydrogen) atoms. The number of non-ortho nitro benzene ring substituents is 1. The van der Waals surface area contributed by atoms with E-state index in [2.05, 4.69) is 10.6 Å². The number of anilines is 1. The third-order valence-electron chi connectivity index (χ3n) is 2.97. The van der Waals surface area contributed by atoms with Gasteiger partial charge in [-0.1, -0.05) is 12.1 Å². The molecule has 9 heteroatoms. The highest BCUT2D eigenvalue weighted by atomic mass is 32.1. The Bertz CT molecular complexity index is 853. The molecule has 0 saturated carbocycles. The first-order valence-electron chi connectivity index (χ1n) is 6.88. The first-order chi connectivity index (χ1) is 11.8. The Morgan fingerprint density at radius 2 is 1.92 bits per heavy atom. The second-order valence-corrected chi connectivity index (χ2v) is 5.20. The van der Waals surface area contributed by atoms with Crippen molar-refractivity contribution in [1.82, 2.24) is 5.32 Å². The second kappa shape index (κ2) is 7.97. The van der Waals surface area contributed by atoms with Gasteiger partial charge in [-0.3, -0.25) is 20.2 Å². The Hall–Kier alpha value is -3.33. The van der Waals surface area contributed by atoms with E-state index in [1.165, 1.54) is 48.6 Å². The number of benzene rings is 2. The van der Waals surface area contributed by atoms with Crippen molar-refractivity contribution in [3.05, 3.63) is 70.0 Å². The summed E-state index contributed by atoms with van der Waals surface area (Å²) < 4.78 is 12.8. The number of rotatable bonds is 4. The summed E-state index contributed by atoms with van der Waals surface area (Å²) in [5.74, 6) is -1.30. The predicted molar refractivity (Wildman–Crippen MR) is 94.6 cm³/mol. The van der Waals surface area contributed by atoms with Crippen LogP contribution in [0.1, 0.15) is 5.56 Å². The Morgan fingerprint density at radius 1 is 1.24 bits per heavy atom. The maximum atomic E-state index is 12.8. The highest BCUT2D eigenvalue weighted by Crippen LogP contribution is 2.27. The number of nitrogens with zero attached hydrogens (tertiary/aromatic N) is 1. The lowest BCUT2D eigenvalue weighted by atomic mass is 10.2. The molecule has 0 aliphatic heterocycles. The lowest BCUT2D eigenvalue weighted by Crippen LogP contribution is -2.32. The summed E-state index contributed by atoms with van der Waals surface area (Å²) in [6, 6.07) is 8.94. The first-order valence-corrected chi connectivity index (χ1v) is 7.29. The minimum atomic E-state index is -0.649. The van der Waals surface area contributed by atoms with Crippen molar-refractivity contribution in [3.63, 3.8) is 0 Å². The van der Waals surface area contributed by atoms with E-state index in [-0.39, 0.29) is 28.1 Å². The van der Waals surface area contributed by atoms with Gasteiger partial charge in [0.05, 0.1) is 16.7 Å². The molecule has 0 heterocycles. The number of phenols is 1. The van der Waals surface area contributed by atoms with Crippen molar-refractivity contribution in [3.8, 4) is 5.75 Å². The number of hydrogen-bond acceptors (Lipinski definition) is 5. The number of thiocarbonyl (C=S) groups is 1. The third-order valence-corrected chi connectivity index (χ3v) is 3.18. The molecular formula is C16H12FN3O4S. The van der Waals surface area contributed by atoms with Gasteiger partial charge in [0, 0.05) is 12.1 Å². The van der Waals surface area contributed by atoms with Gasteiger partial charge in [-0.05, 0) is 42.1 Å². The van der Waals surface area contributed by atoms with Crippen LogP contribution >= 0.6 is 12.2 Å². The molecule has 0 fully saturated rings. The third kappa shape index (κ3) is 5.36. The zero-order valence-corrected chi connectivity index (χ0v) is 13.4. The fourth-order valence-electron chi connectivity index (χ4n) is 1.79. The second-order valence-electron chi connectivity index (χ2n) is 4.79. The van der Waals surface area contributed by atoms with E-state index in [1.54, 1.807) is 0 Å². The molecule has 0 unspecified atom stereocenters. The molecule has 128 valence electrons. The number of phenolic OH excluding ortho intramolecular Hbond substituents is 1. The normalized spacial score (nSPS) is 10.4. The summed E-state index contributed by atoms with van der Waals surface area (Å²) in [7, 11) is 0. The van der Waals surface area contributed by atoms with Gasteiger partial charge >= 0.3 is 0 Å².